The van der Waals surface area contributed by atoms with Crippen molar-refractivity contribution < 1.29 is 13.9 Å². The van der Waals surface area contributed by atoms with Crippen LogP contribution in [0.25, 0.3) is 16.7 Å². The molecule has 6 nitrogen and oxygen atoms in total. The molecule has 0 saturated heterocycles. The number of fused-ring (bicyclic) bond motifs is 4. The lowest BCUT2D eigenvalue weighted by Crippen LogP contribution is -2.31. The highest BCUT2D eigenvalue weighted by atomic mass is 19.1. The molecule has 1 spiro atoms. The fourth-order valence-electron chi connectivity index (χ4n) is 4.73. The maximum Gasteiger partial charge on any atom is 0.283 e. The van der Waals surface area contributed by atoms with Crippen molar-refractivity contribution in [1.82, 2.24) is 9.97 Å². The van der Waals surface area contributed by atoms with Crippen molar-refractivity contribution in [2.45, 2.75) is 31.2 Å². The van der Waals surface area contributed by atoms with Gasteiger partial charge < -0.3 is 15.2 Å². The average Bonchev–Trinajstić information content (AvgIpc) is 3.22. The van der Waals surface area contributed by atoms with Crippen LogP contribution in [0.1, 0.15) is 42.5 Å². The number of halogens is 1. The van der Waals surface area contributed by atoms with Gasteiger partial charge in [-0.15, -0.1) is 0 Å². The van der Waals surface area contributed by atoms with Crippen molar-refractivity contribution in [2.75, 3.05) is 6.61 Å². The number of nitrogens with zero attached hydrogens (tertiary/aromatic N) is 3. The maximum atomic E-state index is 13.3. The molecule has 0 amide bonds. The van der Waals surface area contributed by atoms with Crippen LogP contribution in [0.5, 0.6) is 11.5 Å². The van der Waals surface area contributed by atoms with Gasteiger partial charge in [-0.3, -0.25) is 4.98 Å². The summed E-state index contributed by atoms with van der Waals surface area (Å²) in [7, 11) is 0. The number of hydrogen-bond acceptors (Lipinski definition) is 6. The molecule has 2 N–H and O–H groups in total. The van der Waals surface area contributed by atoms with Crippen molar-refractivity contribution in [3.05, 3.63) is 77.6 Å². The zero-order chi connectivity index (χ0) is 21.7. The first-order chi connectivity index (χ1) is 15.6. The minimum Gasteiger partial charge on any atom is -0.462 e. The summed E-state index contributed by atoms with van der Waals surface area (Å²) in [4.78, 5) is 13.2. The molecule has 160 valence electrons. The van der Waals surface area contributed by atoms with Crippen LogP contribution in [0.2, 0.25) is 0 Å². The van der Waals surface area contributed by atoms with Crippen molar-refractivity contribution in [3.8, 4) is 22.6 Å². The van der Waals surface area contributed by atoms with E-state index in [1.165, 1.54) is 30.7 Å². The highest BCUT2D eigenvalue weighted by molar-refractivity contribution is 5.78. The second kappa shape index (κ2) is 7.15. The third kappa shape index (κ3) is 2.96. The summed E-state index contributed by atoms with van der Waals surface area (Å²) in [5, 5.41) is 0. The summed E-state index contributed by atoms with van der Waals surface area (Å²) >= 11 is 0. The summed E-state index contributed by atoms with van der Waals surface area (Å²) in [6.45, 7) is 0.274. The van der Waals surface area contributed by atoms with Gasteiger partial charge in [0.05, 0.1) is 11.9 Å². The van der Waals surface area contributed by atoms with Crippen LogP contribution in [0.15, 0.2) is 59.9 Å². The Morgan fingerprint density at radius 2 is 1.81 bits per heavy atom. The lowest BCUT2D eigenvalue weighted by atomic mass is 9.80. The Kier molecular flexibility index (Phi) is 4.24. The Balaban J connectivity index is 1.52. The Hall–Kier alpha value is -3.74. The number of allylic oxidation sites excluding steroid dienone is 2. The Labute approximate surface area is 184 Å². The number of benzene rings is 1. The van der Waals surface area contributed by atoms with Gasteiger partial charge in [0.1, 0.15) is 12.4 Å². The van der Waals surface area contributed by atoms with Gasteiger partial charge in [-0.1, -0.05) is 12.1 Å². The van der Waals surface area contributed by atoms with Crippen molar-refractivity contribution in [3.63, 3.8) is 0 Å². The summed E-state index contributed by atoms with van der Waals surface area (Å²) < 4.78 is 25.2. The highest BCUT2D eigenvalue weighted by Crippen LogP contribution is 2.52. The normalized spacial score (nSPS) is 21.2. The molecule has 3 aliphatic rings. The van der Waals surface area contributed by atoms with E-state index in [-0.39, 0.29) is 12.6 Å². The fraction of sp³-hybridized carbons (Fsp3) is 0.240. The number of nitrogens with two attached hydrogens (primary N) is 1. The first-order valence-electron chi connectivity index (χ1n) is 10.7. The van der Waals surface area contributed by atoms with Gasteiger partial charge in [0.25, 0.3) is 6.02 Å². The molecule has 7 heteroatoms. The van der Waals surface area contributed by atoms with Crippen molar-refractivity contribution in [1.29, 1.82) is 0 Å². The van der Waals surface area contributed by atoms with E-state index in [0.717, 1.165) is 40.8 Å². The fourth-order valence-corrected chi connectivity index (χ4v) is 4.73. The van der Waals surface area contributed by atoms with Crippen LogP contribution in [-0.4, -0.2) is 22.6 Å². The van der Waals surface area contributed by atoms with Crippen LogP contribution < -0.4 is 10.5 Å². The maximum absolute atomic E-state index is 13.3. The van der Waals surface area contributed by atoms with E-state index in [1.54, 1.807) is 12.3 Å². The molecule has 1 aliphatic carbocycles. The van der Waals surface area contributed by atoms with Gasteiger partial charge in [-0.25, -0.2) is 9.98 Å². The first-order valence-corrected chi connectivity index (χ1v) is 10.7. The van der Waals surface area contributed by atoms with Crippen LogP contribution >= 0.6 is 0 Å². The number of rotatable bonds is 2. The molecule has 4 heterocycles. The standard InChI is InChI=1S/C25H21FN4O2/c26-23-9-7-17(12-29-23)16-6-8-21-18(10-16)25(14-31-24(27)30-25)19-11-20(28-13-22(19)32-21)15-4-2-1-3-5-15/h4,6-13H,1-3,5,14H2,(H2,27,30)/t25-/m0/s1. The monoisotopic (exact) mass is 428 g/mol. The van der Waals surface area contributed by atoms with Gasteiger partial charge in [0.15, 0.2) is 11.3 Å². The molecule has 0 saturated carbocycles. The molecule has 2 aliphatic heterocycles. The molecule has 0 fully saturated rings. The summed E-state index contributed by atoms with van der Waals surface area (Å²) in [6, 6.07) is 11.1. The molecule has 0 radical (unpaired) electrons. The van der Waals surface area contributed by atoms with E-state index >= 15 is 0 Å². The van der Waals surface area contributed by atoms with Crippen molar-refractivity contribution in [2.24, 2.45) is 10.7 Å². The van der Waals surface area contributed by atoms with Gasteiger partial charge >= 0.3 is 0 Å². The molecule has 0 bridgehead atoms. The summed E-state index contributed by atoms with van der Waals surface area (Å²) in [6.07, 6.45) is 10.0. The summed E-state index contributed by atoms with van der Waals surface area (Å²) in [5.41, 5.74) is 10.8. The zero-order valence-corrected chi connectivity index (χ0v) is 17.3. The second-order valence-electron chi connectivity index (χ2n) is 8.32. The SMILES string of the molecule is NC1=N[C@@]2(CO1)c1cc(-c3ccc(F)nc3)ccc1Oc1cnc(C3=CCCCC3)cc12. The molecule has 3 aromatic rings. The van der Waals surface area contributed by atoms with E-state index in [1.807, 2.05) is 18.2 Å². The highest BCUT2D eigenvalue weighted by Gasteiger charge is 2.47. The van der Waals surface area contributed by atoms with Crippen LogP contribution in [-0.2, 0) is 10.3 Å². The number of hydrogen-bond donors (Lipinski definition) is 1. The van der Waals surface area contributed by atoms with Crippen LogP contribution in [0, 0.1) is 5.95 Å². The number of pyridine rings is 2. The average molecular weight is 428 g/mol. The number of aliphatic imine (C=N–C) groups is 1. The lowest BCUT2D eigenvalue weighted by Gasteiger charge is -2.34. The second-order valence-corrected chi connectivity index (χ2v) is 8.32. The van der Waals surface area contributed by atoms with E-state index in [0.29, 0.717) is 11.5 Å². The van der Waals surface area contributed by atoms with Gasteiger partial charge in [0.2, 0.25) is 5.95 Å². The Bertz CT molecular complexity index is 1290. The van der Waals surface area contributed by atoms with Gasteiger partial charge in [-0.2, -0.15) is 4.39 Å². The Morgan fingerprint density at radius 3 is 2.56 bits per heavy atom. The predicted octanol–water partition coefficient (Wildman–Crippen LogP) is 4.93. The first kappa shape index (κ1) is 19.0. The third-order valence-electron chi connectivity index (χ3n) is 6.37. The third-order valence-corrected chi connectivity index (χ3v) is 6.37. The van der Waals surface area contributed by atoms with Gasteiger partial charge in [0, 0.05) is 22.9 Å². The molecule has 0 unspecified atom stereocenters. The smallest absolute Gasteiger partial charge is 0.283 e. The van der Waals surface area contributed by atoms with E-state index in [9.17, 15) is 4.39 Å². The Morgan fingerprint density at radius 1 is 0.938 bits per heavy atom. The van der Waals surface area contributed by atoms with E-state index in [2.05, 4.69) is 22.1 Å². The number of amidine groups is 1. The van der Waals surface area contributed by atoms with Crippen LogP contribution in [0.4, 0.5) is 4.39 Å². The molecule has 6 rings (SSSR count). The molecular formula is C25H21FN4O2. The molecular weight excluding hydrogens is 407 g/mol. The van der Waals surface area contributed by atoms with E-state index < -0.39 is 11.5 Å². The minimum absolute atomic E-state index is 0.146. The quantitative estimate of drug-likeness (QED) is 0.585. The number of ether oxygens (including phenoxy) is 2. The van der Waals surface area contributed by atoms with Crippen LogP contribution in [0.3, 0.4) is 0 Å². The zero-order valence-electron chi connectivity index (χ0n) is 17.3. The predicted molar refractivity (Wildman–Crippen MR) is 119 cm³/mol. The van der Waals surface area contributed by atoms with Crippen molar-refractivity contribution >= 4 is 11.6 Å². The molecule has 32 heavy (non-hydrogen) atoms. The van der Waals surface area contributed by atoms with E-state index in [4.69, 9.17) is 20.2 Å². The molecule has 1 atom stereocenters. The lowest BCUT2D eigenvalue weighted by molar-refractivity contribution is 0.264. The molecule has 2 aromatic heterocycles. The largest absolute Gasteiger partial charge is 0.462 e. The minimum atomic E-state index is -0.830. The van der Waals surface area contributed by atoms with Gasteiger partial charge in [-0.05, 0) is 67.2 Å². The number of aromatic nitrogens is 2. The molecule has 1 aromatic carbocycles. The topological polar surface area (TPSA) is 82.6 Å². The summed E-state index contributed by atoms with van der Waals surface area (Å²) in [5.74, 6) is 0.805.